The van der Waals surface area contributed by atoms with Crippen LogP contribution in [0, 0.1) is 0 Å². The van der Waals surface area contributed by atoms with Crippen LogP contribution in [0.25, 0.3) is 0 Å². The Hall–Kier alpha value is -0.490. The fraction of sp³-hybridized carbons (Fsp3) is 0.571. The molecular formula is C14H19Cl. The van der Waals surface area contributed by atoms with Gasteiger partial charge in [-0.15, -0.1) is 11.6 Å². The minimum absolute atomic E-state index is 0.291. The first-order valence-electron chi connectivity index (χ1n) is 5.99. The first kappa shape index (κ1) is 11.0. The molecule has 82 valence electrons. The van der Waals surface area contributed by atoms with Crippen LogP contribution >= 0.6 is 11.6 Å². The van der Waals surface area contributed by atoms with Gasteiger partial charge in [-0.2, -0.15) is 0 Å². The summed E-state index contributed by atoms with van der Waals surface area (Å²) in [6.07, 6.45) is 6.40. The predicted octanol–water partition coefficient (Wildman–Crippen LogP) is 4.51. The Morgan fingerprint density at radius 3 is 2.67 bits per heavy atom. The van der Waals surface area contributed by atoms with E-state index in [-0.39, 0.29) is 0 Å². The largest absolute Gasteiger partial charge is 0.123 e. The van der Waals surface area contributed by atoms with Crippen LogP contribution in [0.5, 0.6) is 0 Å². The molecule has 0 radical (unpaired) electrons. The summed E-state index contributed by atoms with van der Waals surface area (Å²) in [4.78, 5) is 0. The van der Waals surface area contributed by atoms with E-state index in [4.69, 9.17) is 11.6 Å². The van der Waals surface area contributed by atoms with E-state index in [0.717, 1.165) is 18.8 Å². The number of aryl methyl sites for hydroxylation is 1. The Morgan fingerprint density at radius 1 is 1.33 bits per heavy atom. The van der Waals surface area contributed by atoms with Gasteiger partial charge in [0.2, 0.25) is 0 Å². The molecule has 1 fully saturated rings. The van der Waals surface area contributed by atoms with Crippen LogP contribution in [-0.2, 0) is 6.42 Å². The molecule has 2 rings (SSSR count). The summed E-state index contributed by atoms with van der Waals surface area (Å²) in [6.45, 7) is 2.08. The first-order chi connectivity index (χ1) is 7.27. The maximum Gasteiger partial charge on any atom is 0.0311 e. The molecule has 1 unspecified atom stereocenters. The van der Waals surface area contributed by atoms with E-state index in [9.17, 15) is 0 Å². The van der Waals surface area contributed by atoms with Crippen molar-refractivity contribution in [2.75, 3.05) is 0 Å². The minimum atomic E-state index is 0.291. The van der Waals surface area contributed by atoms with E-state index in [1.54, 1.807) is 5.56 Å². The fourth-order valence-electron chi connectivity index (χ4n) is 2.23. The lowest BCUT2D eigenvalue weighted by Gasteiger charge is -2.28. The van der Waals surface area contributed by atoms with Crippen LogP contribution in [0.1, 0.15) is 49.7 Å². The zero-order valence-corrected chi connectivity index (χ0v) is 10.1. The van der Waals surface area contributed by atoms with Crippen molar-refractivity contribution in [1.29, 1.82) is 0 Å². The van der Waals surface area contributed by atoms with Crippen molar-refractivity contribution in [3.63, 3.8) is 0 Å². The zero-order chi connectivity index (χ0) is 10.7. The zero-order valence-electron chi connectivity index (χ0n) is 9.38. The molecule has 0 amide bonds. The summed E-state index contributed by atoms with van der Waals surface area (Å²) in [5.41, 5.74) is 3.11. The second-order valence-corrected chi connectivity index (χ2v) is 5.39. The molecule has 0 nitrogen and oxygen atoms in total. The quantitative estimate of drug-likeness (QED) is 0.658. The topological polar surface area (TPSA) is 0 Å². The van der Waals surface area contributed by atoms with Gasteiger partial charge in [0.25, 0.3) is 0 Å². The molecule has 15 heavy (non-hydrogen) atoms. The summed E-state index contributed by atoms with van der Waals surface area (Å²) < 4.78 is 0. The lowest BCUT2D eigenvalue weighted by atomic mass is 9.77. The average Bonchev–Trinajstić information content (AvgIpc) is 2.14. The van der Waals surface area contributed by atoms with Gasteiger partial charge in [0.15, 0.2) is 0 Å². The molecule has 0 heterocycles. The Kier molecular flexibility index (Phi) is 3.69. The second kappa shape index (κ2) is 5.03. The van der Waals surface area contributed by atoms with Crippen LogP contribution in [0.4, 0.5) is 0 Å². The predicted molar refractivity (Wildman–Crippen MR) is 66.7 cm³/mol. The van der Waals surface area contributed by atoms with Gasteiger partial charge < -0.3 is 0 Å². The summed E-state index contributed by atoms with van der Waals surface area (Å²) in [5.74, 6) is 0.840. The molecule has 0 saturated heterocycles. The molecule has 1 saturated carbocycles. The molecule has 0 aliphatic heterocycles. The van der Waals surface area contributed by atoms with Gasteiger partial charge in [0.05, 0.1) is 0 Å². The Morgan fingerprint density at radius 2 is 2.07 bits per heavy atom. The molecule has 1 aromatic rings. The number of halogens is 1. The monoisotopic (exact) mass is 222 g/mol. The van der Waals surface area contributed by atoms with Gasteiger partial charge >= 0.3 is 0 Å². The molecule has 1 aliphatic carbocycles. The highest BCUT2D eigenvalue weighted by Crippen LogP contribution is 2.38. The number of hydrogen-bond donors (Lipinski definition) is 0. The maximum atomic E-state index is 6.01. The molecule has 1 aromatic carbocycles. The van der Waals surface area contributed by atoms with E-state index in [1.165, 1.54) is 24.8 Å². The van der Waals surface area contributed by atoms with E-state index in [0.29, 0.717) is 5.38 Å². The van der Waals surface area contributed by atoms with Crippen LogP contribution in [-0.4, -0.2) is 5.38 Å². The third-order valence-corrected chi connectivity index (χ3v) is 3.63. The Labute approximate surface area is 97.6 Å². The molecule has 1 aliphatic rings. The summed E-state index contributed by atoms with van der Waals surface area (Å²) in [6, 6.07) is 8.89. The van der Waals surface area contributed by atoms with Gasteiger partial charge in [-0.1, -0.05) is 30.7 Å². The van der Waals surface area contributed by atoms with Crippen molar-refractivity contribution in [3.8, 4) is 0 Å². The standard InChI is InChI=1S/C14H19Cl/c1-11(15)9-10-13-5-2-3-8-14(13)12-6-4-7-12/h2-3,5,8,11-12H,4,6-7,9-10H2,1H3. The molecule has 0 spiro atoms. The highest BCUT2D eigenvalue weighted by Gasteiger charge is 2.21. The summed E-state index contributed by atoms with van der Waals surface area (Å²) in [5, 5.41) is 0.291. The highest BCUT2D eigenvalue weighted by atomic mass is 35.5. The third kappa shape index (κ3) is 2.75. The van der Waals surface area contributed by atoms with Crippen LogP contribution < -0.4 is 0 Å². The molecular weight excluding hydrogens is 204 g/mol. The summed E-state index contributed by atoms with van der Waals surface area (Å²) >= 11 is 6.01. The Balaban J connectivity index is 2.07. The molecule has 1 atom stereocenters. The lowest BCUT2D eigenvalue weighted by Crippen LogP contribution is -2.11. The number of benzene rings is 1. The van der Waals surface area contributed by atoms with Gasteiger partial charge in [0, 0.05) is 5.38 Å². The van der Waals surface area contributed by atoms with E-state index in [1.807, 2.05) is 0 Å². The fourth-order valence-corrected chi connectivity index (χ4v) is 2.34. The maximum absolute atomic E-state index is 6.01. The van der Waals surface area contributed by atoms with E-state index in [2.05, 4.69) is 31.2 Å². The normalized spacial score (nSPS) is 18.5. The Bertz CT molecular complexity index is 313. The van der Waals surface area contributed by atoms with E-state index < -0.39 is 0 Å². The van der Waals surface area contributed by atoms with Crippen LogP contribution in [0.15, 0.2) is 24.3 Å². The van der Waals surface area contributed by atoms with Gasteiger partial charge in [-0.25, -0.2) is 0 Å². The average molecular weight is 223 g/mol. The lowest BCUT2D eigenvalue weighted by molar-refractivity contribution is 0.417. The molecule has 0 N–H and O–H groups in total. The van der Waals surface area contributed by atoms with Crippen LogP contribution in [0.2, 0.25) is 0 Å². The van der Waals surface area contributed by atoms with E-state index >= 15 is 0 Å². The third-order valence-electron chi connectivity index (χ3n) is 3.41. The van der Waals surface area contributed by atoms with Gasteiger partial charge in [0.1, 0.15) is 0 Å². The van der Waals surface area contributed by atoms with Crippen molar-refractivity contribution >= 4 is 11.6 Å². The van der Waals surface area contributed by atoms with Gasteiger partial charge in [-0.3, -0.25) is 0 Å². The molecule has 1 heteroatoms. The van der Waals surface area contributed by atoms with Crippen molar-refractivity contribution in [1.82, 2.24) is 0 Å². The minimum Gasteiger partial charge on any atom is -0.123 e. The number of hydrogen-bond acceptors (Lipinski definition) is 0. The van der Waals surface area contributed by atoms with Crippen molar-refractivity contribution in [2.45, 2.75) is 50.3 Å². The smallest absolute Gasteiger partial charge is 0.0311 e. The SMILES string of the molecule is CC(Cl)CCc1ccccc1C1CCC1. The van der Waals surface area contributed by atoms with Crippen molar-refractivity contribution in [2.24, 2.45) is 0 Å². The van der Waals surface area contributed by atoms with Crippen molar-refractivity contribution in [3.05, 3.63) is 35.4 Å². The second-order valence-electron chi connectivity index (χ2n) is 4.65. The number of alkyl halides is 1. The van der Waals surface area contributed by atoms with Gasteiger partial charge in [-0.05, 0) is 49.7 Å². The summed E-state index contributed by atoms with van der Waals surface area (Å²) in [7, 11) is 0. The molecule has 0 aromatic heterocycles. The van der Waals surface area contributed by atoms with Crippen molar-refractivity contribution < 1.29 is 0 Å². The number of rotatable bonds is 4. The first-order valence-corrected chi connectivity index (χ1v) is 6.43. The molecule has 0 bridgehead atoms. The van der Waals surface area contributed by atoms with Crippen LogP contribution in [0.3, 0.4) is 0 Å². The highest BCUT2D eigenvalue weighted by molar-refractivity contribution is 6.20.